The maximum absolute atomic E-state index is 11.5. The molecule has 0 N–H and O–H groups in total. The van der Waals surface area contributed by atoms with Gasteiger partial charge in [-0.3, -0.25) is 14.2 Å². The Morgan fingerprint density at radius 2 is 2.29 bits per heavy atom. The Hall–Kier alpha value is -0.720. The maximum Gasteiger partial charge on any atom is 0.267 e. The van der Waals surface area contributed by atoms with Crippen LogP contribution in [-0.4, -0.2) is 15.3 Å². The van der Waals surface area contributed by atoms with Crippen LogP contribution in [0, 0.1) is 9.49 Å². The van der Waals surface area contributed by atoms with E-state index in [4.69, 9.17) is 0 Å². The Labute approximate surface area is 95.5 Å². The van der Waals surface area contributed by atoms with Crippen LogP contribution in [-0.2, 0) is 11.3 Å². The number of hydrogen-bond donors (Lipinski definition) is 0. The summed E-state index contributed by atoms with van der Waals surface area (Å²) in [5, 5.41) is 0. The zero-order chi connectivity index (χ0) is 10.7. The molecular formula is C9H11IN2O2. The van der Waals surface area contributed by atoms with Crippen molar-refractivity contribution in [2.75, 3.05) is 0 Å². The van der Waals surface area contributed by atoms with E-state index in [1.54, 1.807) is 0 Å². The molecule has 76 valence electrons. The van der Waals surface area contributed by atoms with Crippen molar-refractivity contribution in [3.8, 4) is 0 Å². The first-order valence-corrected chi connectivity index (χ1v) is 5.33. The third kappa shape index (κ3) is 2.63. The summed E-state index contributed by atoms with van der Waals surface area (Å²) in [4.78, 5) is 26.7. The van der Waals surface area contributed by atoms with Crippen LogP contribution in [0.25, 0.3) is 0 Å². The molecule has 0 fully saturated rings. The van der Waals surface area contributed by atoms with Crippen LogP contribution in [0.15, 0.2) is 17.3 Å². The number of rotatable bonds is 3. The van der Waals surface area contributed by atoms with E-state index in [-0.39, 0.29) is 23.8 Å². The van der Waals surface area contributed by atoms with E-state index in [2.05, 4.69) is 4.98 Å². The molecule has 0 saturated carbocycles. The van der Waals surface area contributed by atoms with Gasteiger partial charge in [0.2, 0.25) is 0 Å². The summed E-state index contributed by atoms with van der Waals surface area (Å²) < 4.78 is 1.87. The van der Waals surface area contributed by atoms with Crippen LogP contribution in [0.2, 0.25) is 0 Å². The Bertz CT molecular complexity index is 398. The van der Waals surface area contributed by atoms with Crippen LogP contribution in [0.1, 0.15) is 13.8 Å². The lowest BCUT2D eigenvalue weighted by Crippen LogP contribution is -2.27. The lowest BCUT2D eigenvalue weighted by atomic mass is 10.1. The Balaban J connectivity index is 2.93. The molecule has 0 aliphatic carbocycles. The largest absolute Gasteiger partial charge is 0.297 e. The van der Waals surface area contributed by atoms with Crippen molar-refractivity contribution < 1.29 is 4.79 Å². The second-order valence-corrected chi connectivity index (χ2v) is 4.46. The van der Waals surface area contributed by atoms with Crippen molar-refractivity contribution in [1.29, 1.82) is 0 Å². The van der Waals surface area contributed by atoms with Gasteiger partial charge in [-0.2, -0.15) is 0 Å². The molecule has 1 aromatic heterocycles. The predicted octanol–water partition coefficient (Wildman–Crippen LogP) is 1.07. The molecule has 0 amide bonds. The molecule has 4 nitrogen and oxygen atoms in total. The van der Waals surface area contributed by atoms with Crippen molar-refractivity contribution in [3.05, 3.63) is 26.4 Å². The molecule has 5 heteroatoms. The van der Waals surface area contributed by atoms with E-state index in [1.807, 2.05) is 36.4 Å². The second kappa shape index (κ2) is 4.68. The molecule has 0 unspecified atom stereocenters. The summed E-state index contributed by atoms with van der Waals surface area (Å²) in [5.74, 6) is -0.0179. The van der Waals surface area contributed by atoms with Crippen molar-refractivity contribution in [2.45, 2.75) is 20.4 Å². The minimum absolute atomic E-state index is 0.0379. The van der Waals surface area contributed by atoms with Gasteiger partial charge in [-0.25, -0.2) is 4.98 Å². The molecular weight excluding hydrogens is 295 g/mol. The highest BCUT2D eigenvalue weighted by atomic mass is 127. The molecule has 0 radical (unpaired) electrons. The van der Waals surface area contributed by atoms with Crippen molar-refractivity contribution in [1.82, 2.24) is 9.55 Å². The van der Waals surface area contributed by atoms with Gasteiger partial charge >= 0.3 is 0 Å². The first-order chi connectivity index (χ1) is 6.52. The van der Waals surface area contributed by atoms with E-state index < -0.39 is 0 Å². The minimum atomic E-state index is -0.158. The molecule has 0 aliphatic rings. The normalized spacial score (nSPS) is 10.6. The topological polar surface area (TPSA) is 52.0 Å². The third-order valence-electron chi connectivity index (χ3n) is 1.83. The van der Waals surface area contributed by atoms with Gasteiger partial charge < -0.3 is 0 Å². The molecule has 0 aromatic carbocycles. The van der Waals surface area contributed by atoms with Gasteiger partial charge in [0.25, 0.3) is 5.56 Å². The Morgan fingerprint density at radius 3 is 2.86 bits per heavy atom. The number of carbonyl (C=O) groups is 1. The summed E-state index contributed by atoms with van der Waals surface area (Å²) in [6.07, 6.45) is 2.88. The molecule has 14 heavy (non-hydrogen) atoms. The first kappa shape index (κ1) is 11.4. The molecule has 0 bridgehead atoms. The van der Waals surface area contributed by atoms with Gasteiger partial charge in [0.15, 0.2) is 5.78 Å². The molecule has 1 heterocycles. The monoisotopic (exact) mass is 306 g/mol. The van der Waals surface area contributed by atoms with Crippen molar-refractivity contribution >= 4 is 28.4 Å². The van der Waals surface area contributed by atoms with Gasteiger partial charge in [0, 0.05) is 12.1 Å². The quantitative estimate of drug-likeness (QED) is 0.785. The van der Waals surface area contributed by atoms with Crippen LogP contribution in [0.4, 0.5) is 0 Å². The van der Waals surface area contributed by atoms with Gasteiger partial charge in [-0.05, 0) is 22.6 Å². The smallest absolute Gasteiger partial charge is 0.267 e. The fourth-order valence-corrected chi connectivity index (χ4v) is 1.36. The van der Waals surface area contributed by atoms with Gasteiger partial charge in [-0.1, -0.05) is 13.8 Å². The number of carbonyl (C=O) groups excluding carboxylic acids is 1. The maximum atomic E-state index is 11.5. The highest BCUT2D eigenvalue weighted by Gasteiger charge is 2.09. The molecule has 1 aromatic rings. The second-order valence-electron chi connectivity index (χ2n) is 3.30. The van der Waals surface area contributed by atoms with Crippen LogP contribution in [0.3, 0.4) is 0 Å². The van der Waals surface area contributed by atoms with Crippen molar-refractivity contribution in [2.24, 2.45) is 5.92 Å². The third-order valence-corrected chi connectivity index (χ3v) is 2.57. The highest BCUT2D eigenvalue weighted by molar-refractivity contribution is 14.1. The van der Waals surface area contributed by atoms with Crippen molar-refractivity contribution in [3.63, 3.8) is 0 Å². The number of ketones is 1. The summed E-state index contributed by atoms with van der Waals surface area (Å²) in [6.45, 7) is 3.74. The average molecular weight is 306 g/mol. The Kier molecular flexibility index (Phi) is 3.79. The summed E-state index contributed by atoms with van der Waals surface area (Å²) >= 11 is 1.91. The zero-order valence-electron chi connectivity index (χ0n) is 8.03. The summed E-state index contributed by atoms with van der Waals surface area (Å²) in [5.41, 5.74) is -0.158. The highest BCUT2D eigenvalue weighted by Crippen LogP contribution is 1.98. The number of halogens is 1. The van der Waals surface area contributed by atoms with Crippen LogP contribution in [0.5, 0.6) is 0 Å². The van der Waals surface area contributed by atoms with E-state index in [0.29, 0.717) is 3.57 Å². The molecule has 0 saturated heterocycles. The zero-order valence-corrected chi connectivity index (χ0v) is 10.2. The standard InChI is InChI=1S/C9H11IN2O2/c1-6(2)8(13)4-12-5-11-3-7(10)9(12)14/h3,5-6H,4H2,1-2H3. The molecule has 0 atom stereocenters. The predicted molar refractivity (Wildman–Crippen MR) is 61.1 cm³/mol. The first-order valence-electron chi connectivity index (χ1n) is 4.25. The molecule has 0 aliphatic heterocycles. The molecule has 1 rings (SSSR count). The fraction of sp³-hybridized carbons (Fsp3) is 0.444. The van der Waals surface area contributed by atoms with E-state index in [1.165, 1.54) is 17.1 Å². The molecule has 0 spiro atoms. The van der Waals surface area contributed by atoms with E-state index in [0.717, 1.165) is 0 Å². The van der Waals surface area contributed by atoms with E-state index >= 15 is 0 Å². The van der Waals surface area contributed by atoms with Gasteiger partial charge in [0.05, 0.1) is 16.4 Å². The minimum Gasteiger partial charge on any atom is -0.297 e. The van der Waals surface area contributed by atoms with Gasteiger partial charge in [0.1, 0.15) is 0 Å². The fourth-order valence-electron chi connectivity index (χ4n) is 0.887. The van der Waals surface area contributed by atoms with Crippen LogP contribution < -0.4 is 5.56 Å². The summed E-state index contributed by atoms with van der Waals surface area (Å²) in [6, 6.07) is 0. The number of hydrogen-bond acceptors (Lipinski definition) is 3. The Morgan fingerprint density at radius 1 is 1.64 bits per heavy atom. The average Bonchev–Trinajstić information content (AvgIpc) is 2.12. The lowest BCUT2D eigenvalue weighted by Gasteiger charge is -2.06. The number of Topliss-reactive ketones (excluding diaryl/α,β-unsaturated/α-hetero) is 1. The summed E-state index contributed by atoms with van der Waals surface area (Å²) in [7, 11) is 0. The van der Waals surface area contributed by atoms with E-state index in [9.17, 15) is 9.59 Å². The van der Waals surface area contributed by atoms with Gasteiger partial charge in [-0.15, -0.1) is 0 Å². The van der Waals surface area contributed by atoms with Crippen LogP contribution >= 0.6 is 22.6 Å². The SMILES string of the molecule is CC(C)C(=O)Cn1cncc(I)c1=O. The number of nitrogens with zero attached hydrogens (tertiary/aromatic N) is 2. The number of aromatic nitrogens is 2. The lowest BCUT2D eigenvalue weighted by molar-refractivity contribution is -0.122.